The minimum Gasteiger partial charge on any atom is -0.373 e. The molecule has 1 aromatic carbocycles. The van der Waals surface area contributed by atoms with Gasteiger partial charge in [-0.1, -0.05) is 30.3 Å². The van der Waals surface area contributed by atoms with Crippen LogP contribution in [0.5, 0.6) is 0 Å². The number of benzene rings is 1. The van der Waals surface area contributed by atoms with E-state index in [0.29, 0.717) is 0 Å². The van der Waals surface area contributed by atoms with Crippen LogP contribution in [0.3, 0.4) is 0 Å². The Morgan fingerprint density at radius 3 is 2.65 bits per heavy atom. The van der Waals surface area contributed by atoms with Gasteiger partial charge in [-0.3, -0.25) is 0 Å². The maximum Gasteiger partial charge on any atom is 0.133 e. The summed E-state index contributed by atoms with van der Waals surface area (Å²) in [6.45, 7) is 2.04. The van der Waals surface area contributed by atoms with Crippen molar-refractivity contribution in [1.82, 2.24) is 9.97 Å². The van der Waals surface area contributed by atoms with Crippen molar-refractivity contribution in [2.24, 2.45) is 0 Å². The van der Waals surface area contributed by atoms with Gasteiger partial charge in [0.15, 0.2) is 0 Å². The molecular formula is C13H15N3S. The number of rotatable bonds is 4. The molecule has 0 aliphatic heterocycles. The standard InChI is InChI=1S/C13H15N3S/c1-10-12(14-2)15-9-16-13(10)17-8-11-6-4-3-5-7-11/h3-7,9H,8H2,1-2H3,(H,14,15,16). The first-order valence-corrected chi connectivity index (χ1v) is 6.46. The van der Waals surface area contributed by atoms with E-state index < -0.39 is 0 Å². The van der Waals surface area contributed by atoms with Gasteiger partial charge in [-0.2, -0.15) is 0 Å². The number of nitrogens with zero attached hydrogens (tertiary/aromatic N) is 2. The van der Waals surface area contributed by atoms with E-state index in [-0.39, 0.29) is 0 Å². The Balaban J connectivity index is 2.09. The Morgan fingerprint density at radius 1 is 1.18 bits per heavy atom. The summed E-state index contributed by atoms with van der Waals surface area (Å²) in [5, 5.41) is 4.10. The van der Waals surface area contributed by atoms with Gasteiger partial charge < -0.3 is 5.32 Å². The third-order valence-electron chi connectivity index (χ3n) is 2.49. The van der Waals surface area contributed by atoms with Crippen molar-refractivity contribution in [2.45, 2.75) is 17.7 Å². The summed E-state index contributed by atoms with van der Waals surface area (Å²) < 4.78 is 0. The Morgan fingerprint density at radius 2 is 1.94 bits per heavy atom. The summed E-state index contributed by atoms with van der Waals surface area (Å²) in [6.07, 6.45) is 1.60. The number of hydrogen-bond donors (Lipinski definition) is 1. The van der Waals surface area contributed by atoms with Crippen molar-refractivity contribution in [2.75, 3.05) is 12.4 Å². The first-order valence-electron chi connectivity index (χ1n) is 5.47. The minimum absolute atomic E-state index is 0.899. The summed E-state index contributed by atoms with van der Waals surface area (Å²) in [6, 6.07) is 10.4. The lowest BCUT2D eigenvalue weighted by molar-refractivity contribution is 1.00. The molecule has 0 aliphatic rings. The Labute approximate surface area is 106 Å². The van der Waals surface area contributed by atoms with E-state index >= 15 is 0 Å². The lowest BCUT2D eigenvalue weighted by Crippen LogP contribution is -1.98. The molecule has 0 radical (unpaired) electrons. The third-order valence-corrected chi connectivity index (χ3v) is 3.66. The first kappa shape index (κ1) is 11.9. The van der Waals surface area contributed by atoms with Gasteiger partial charge in [0.05, 0.1) is 0 Å². The number of aromatic nitrogens is 2. The molecule has 17 heavy (non-hydrogen) atoms. The molecule has 0 amide bonds. The second-order valence-corrected chi connectivity index (χ2v) is 4.64. The van der Waals surface area contributed by atoms with Crippen LogP contribution in [-0.4, -0.2) is 17.0 Å². The number of hydrogen-bond acceptors (Lipinski definition) is 4. The highest BCUT2D eigenvalue weighted by Crippen LogP contribution is 2.26. The van der Waals surface area contributed by atoms with Crippen molar-refractivity contribution < 1.29 is 0 Å². The molecule has 1 aromatic heterocycles. The minimum atomic E-state index is 0.899. The average molecular weight is 245 g/mol. The molecule has 1 N–H and O–H groups in total. The molecule has 0 spiro atoms. The maximum atomic E-state index is 4.31. The predicted molar refractivity (Wildman–Crippen MR) is 72.3 cm³/mol. The highest BCUT2D eigenvalue weighted by Gasteiger charge is 2.06. The molecule has 2 aromatic rings. The van der Waals surface area contributed by atoms with E-state index in [0.717, 1.165) is 22.2 Å². The van der Waals surface area contributed by atoms with Gasteiger partial charge in [-0.15, -0.1) is 11.8 Å². The quantitative estimate of drug-likeness (QED) is 0.663. The Kier molecular flexibility index (Phi) is 3.98. The number of thioether (sulfide) groups is 1. The largest absolute Gasteiger partial charge is 0.373 e. The van der Waals surface area contributed by atoms with Crippen LogP contribution in [0.1, 0.15) is 11.1 Å². The molecule has 2 rings (SSSR count). The summed E-state index contributed by atoms with van der Waals surface area (Å²) in [4.78, 5) is 8.49. The number of anilines is 1. The molecule has 1 heterocycles. The van der Waals surface area contributed by atoms with Gasteiger partial charge in [-0.25, -0.2) is 9.97 Å². The summed E-state index contributed by atoms with van der Waals surface area (Å²) in [7, 11) is 1.88. The molecule has 0 unspecified atom stereocenters. The fourth-order valence-electron chi connectivity index (χ4n) is 1.56. The monoisotopic (exact) mass is 245 g/mol. The van der Waals surface area contributed by atoms with E-state index in [1.54, 1.807) is 18.1 Å². The van der Waals surface area contributed by atoms with Crippen LogP contribution in [0.15, 0.2) is 41.7 Å². The zero-order valence-electron chi connectivity index (χ0n) is 9.97. The van der Waals surface area contributed by atoms with E-state index in [2.05, 4.69) is 39.6 Å². The second-order valence-electron chi connectivity index (χ2n) is 3.68. The lowest BCUT2D eigenvalue weighted by atomic mass is 10.2. The topological polar surface area (TPSA) is 37.8 Å². The van der Waals surface area contributed by atoms with Crippen LogP contribution in [0.25, 0.3) is 0 Å². The zero-order chi connectivity index (χ0) is 12.1. The van der Waals surface area contributed by atoms with Gasteiger partial charge >= 0.3 is 0 Å². The van der Waals surface area contributed by atoms with Gasteiger partial charge in [0, 0.05) is 18.4 Å². The van der Waals surface area contributed by atoms with Crippen molar-refractivity contribution >= 4 is 17.6 Å². The maximum absolute atomic E-state index is 4.31. The lowest BCUT2D eigenvalue weighted by Gasteiger charge is -2.08. The summed E-state index contributed by atoms with van der Waals surface area (Å²) >= 11 is 1.74. The van der Waals surface area contributed by atoms with Gasteiger partial charge in [0.25, 0.3) is 0 Å². The molecule has 88 valence electrons. The highest BCUT2D eigenvalue weighted by atomic mass is 32.2. The molecule has 0 bridgehead atoms. The van der Waals surface area contributed by atoms with E-state index in [1.165, 1.54) is 5.56 Å². The van der Waals surface area contributed by atoms with Crippen LogP contribution in [-0.2, 0) is 5.75 Å². The molecule has 0 aliphatic carbocycles. The van der Waals surface area contributed by atoms with Crippen LogP contribution in [0, 0.1) is 6.92 Å². The van der Waals surface area contributed by atoms with E-state index in [9.17, 15) is 0 Å². The molecule has 3 nitrogen and oxygen atoms in total. The van der Waals surface area contributed by atoms with E-state index in [1.807, 2.05) is 20.0 Å². The van der Waals surface area contributed by atoms with Crippen molar-refractivity contribution in [1.29, 1.82) is 0 Å². The molecule has 0 saturated heterocycles. The number of nitrogens with one attached hydrogen (secondary N) is 1. The van der Waals surface area contributed by atoms with Crippen LogP contribution in [0.2, 0.25) is 0 Å². The summed E-state index contributed by atoms with van der Waals surface area (Å²) in [5.74, 6) is 1.83. The van der Waals surface area contributed by atoms with Crippen LogP contribution in [0.4, 0.5) is 5.82 Å². The smallest absolute Gasteiger partial charge is 0.133 e. The van der Waals surface area contributed by atoms with Crippen molar-refractivity contribution in [3.8, 4) is 0 Å². The van der Waals surface area contributed by atoms with Gasteiger partial charge in [0.2, 0.25) is 0 Å². The Hall–Kier alpha value is -1.55. The molecular weight excluding hydrogens is 230 g/mol. The molecule has 0 atom stereocenters. The van der Waals surface area contributed by atoms with Crippen molar-refractivity contribution in [3.63, 3.8) is 0 Å². The second kappa shape index (κ2) is 5.68. The molecule has 0 saturated carbocycles. The highest BCUT2D eigenvalue weighted by molar-refractivity contribution is 7.98. The average Bonchev–Trinajstić information content (AvgIpc) is 2.39. The van der Waals surface area contributed by atoms with Gasteiger partial charge in [0.1, 0.15) is 17.2 Å². The normalized spacial score (nSPS) is 10.2. The third kappa shape index (κ3) is 2.97. The fraction of sp³-hybridized carbons (Fsp3) is 0.231. The molecule has 0 fully saturated rings. The van der Waals surface area contributed by atoms with E-state index in [4.69, 9.17) is 0 Å². The Bertz CT molecular complexity index is 485. The predicted octanol–water partition coefficient (Wildman–Crippen LogP) is 3.12. The van der Waals surface area contributed by atoms with Crippen LogP contribution >= 0.6 is 11.8 Å². The first-order chi connectivity index (χ1) is 8.31. The zero-order valence-corrected chi connectivity index (χ0v) is 10.8. The summed E-state index contributed by atoms with van der Waals surface area (Å²) in [5.41, 5.74) is 2.41. The van der Waals surface area contributed by atoms with Crippen molar-refractivity contribution in [3.05, 3.63) is 47.8 Å². The fourth-order valence-corrected chi connectivity index (χ4v) is 2.49. The SMILES string of the molecule is CNc1ncnc(SCc2ccccc2)c1C. The molecule has 4 heteroatoms. The van der Waals surface area contributed by atoms with Crippen LogP contribution < -0.4 is 5.32 Å². The van der Waals surface area contributed by atoms with Gasteiger partial charge in [-0.05, 0) is 12.5 Å².